The number of carbonyl (C=O) groups is 1. The molecule has 0 aromatic heterocycles. The van der Waals surface area contributed by atoms with Crippen LogP contribution in [0.3, 0.4) is 0 Å². The Balaban J connectivity index is 1.78. The summed E-state index contributed by atoms with van der Waals surface area (Å²) in [4.78, 5) is 23.4. The van der Waals surface area contributed by atoms with Crippen LogP contribution in [0.2, 0.25) is 0 Å². The molecule has 0 spiro atoms. The van der Waals surface area contributed by atoms with Gasteiger partial charge in [0.05, 0.1) is 15.9 Å². The lowest BCUT2D eigenvalue weighted by atomic mass is 9.94. The SMILES string of the molecule is O=C1c2ccccc2CC(/C=C/c2ccccc2)N1S(=O)(=O)c1ccc([N+](=O)[O-])cc1. The van der Waals surface area contributed by atoms with E-state index < -0.39 is 26.9 Å². The molecule has 1 aliphatic heterocycles. The second-order valence-electron chi connectivity index (χ2n) is 7.06. The second kappa shape index (κ2) is 8.16. The molecule has 3 aromatic carbocycles. The summed E-state index contributed by atoms with van der Waals surface area (Å²) in [7, 11) is -4.24. The number of nitro benzene ring substituents is 1. The van der Waals surface area contributed by atoms with Gasteiger partial charge in [-0.1, -0.05) is 60.7 Å². The second-order valence-corrected chi connectivity index (χ2v) is 8.87. The van der Waals surface area contributed by atoms with Gasteiger partial charge in [0.2, 0.25) is 0 Å². The van der Waals surface area contributed by atoms with Crippen molar-refractivity contribution in [2.75, 3.05) is 0 Å². The Bertz CT molecular complexity index is 1270. The number of hydrogen-bond acceptors (Lipinski definition) is 5. The lowest BCUT2D eigenvalue weighted by Crippen LogP contribution is -2.48. The molecule has 4 rings (SSSR count). The molecular weight excluding hydrogens is 416 g/mol. The zero-order chi connectivity index (χ0) is 22.0. The molecule has 0 fully saturated rings. The van der Waals surface area contributed by atoms with Crippen molar-refractivity contribution in [3.63, 3.8) is 0 Å². The molecule has 31 heavy (non-hydrogen) atoms. The molecule has 0 aliphatic carbocycles. The summed E-state index contributed by atoms with van der Waals surface area (Å²) >= 11 is 0. The molecule has 1 heterocycles. The molecular formula is C23H18N2O5S. The quantitative estimate of drug-likeness (QED) is 0.445. The van der Waals surface area contributed by atoms with Crippen LogP contribution in [-0.4, -0.2) is 29.6 Å². The minimum Gasteiger partial charge on any atom is -0.268 e. The average molecular weight is 434 g/mol. The number of benzene rings is 3. The standard InChI is InChI=1S/C23H18N2O5S/c26-23-22-9-5-4-8-18(22)16-20(11-10-17-6-2-1-3-7-17)24(23)31(29,30)21-14-12-19(13-15-21)25(27)28/h1-15,20H,16H2/b11-10+. The van der Waals surface area contributed by atoms with E-state index in [1.54, 1.807) is 24.3 Å². The third-order valence-corrected chi connectivity index (χ3v) is 6.92. The van der Waals surface area contributed by atoms with Gasteiger partial charge < -0.3 is 0 Å². The van der Waals surface area contributed by atoms with E-state index in [0.29, 0.717) is 12.0 Å². The number of amides is 1. The molecule has 1 aliphatic rings. The van der Waals surface area contributed by atoms with Gasteiger partial charge in [-0.3, -0.25) is 14.9 Å². The third kappa shape index (κ3) is 3.97. The molecule has 3 aromatic rings. The largest absolute Gasteiger partial charge is 0.269 e. The van der Waals surface area contributed by atoms with Crippen molar-refractivity contribution in [2.45, 2.75) is 17.4 Å². The molecule has 0 radical (unpaired) electrons. The summed E-state index contributed by atoms with van der Waals surface area (Å²) in [5.41, 5.74) is 1.75. The normalized spacial score (nSPS) is 16.3. The van der Waals surface area contributed by atoms with Gasteiger partial charge in [0, 0.05) is 17.7 Å². The van der Waals surface area contributed by atoms with Gasteiger partial charge in [-0.2, -0.15) is 0 Å². The Hall–Kier alpha value is -3.78. The molecule has 0 bridgehead atoms. The van der Waals surface area contributed by atoms with E-state index in [4.69, 9.17) is 0 Å². The van der Waals surface area contributed by atoms with Crippen molar-refractivity contribution in [2.24, 2.45) is 0 Å². The van der Waals surface area contributed by atoms with Crippen molar-refractivity contribution in [3.8, 4) is 0 Å². The number of nitro groups is 1. The summed E-state index contributed by atoms with van der Waals surface area (Å²) < 4.78 is 27.7. The zero-order valence-electron chi connectivity index (χ0n) is 16.3. The topological polar surface area (TPSA) is 97.6 Å². The highest BCUT2D eigenvalue weighted by molar-refractivity contribution is 7.89. The Morgan fingerprint density at radius 2 is 1.58 bits per heavy atom. The first-order chi connectivity index (χ1) is 14.9. The lowest BCUT2D eigenvalue weighted by molar-refractivity contribution is -0.384. The smallest absolute Gasteiger partial charge is 0.268 e. The Morgan fingerprint density at radius 3 is 2.26 bits per heavy atom. The average Bonchev–Trinajstić information content (AvgIpc) is 2.78. The van der Waals surface area contributed by atoms with E-state index >= 15 is 0 Å². The summed E-state index contributed by atoms with van der Waals surface area (Å²) in [5, 5.41) is 10.9. The van der Waals surface area contributed by atoms with Crippen molar-refractivity contribution < 1.29 is 18.1 Å². The van der Waals surface area contributed by atoms with Crippen LogP contribution in [-0.2, 0) is 16.4 Å². The maximum Gasteiger partial charge on any atom is 0.269 e. The Morgan fingerprint density at radius 1 is 0.935 bits per heavy atom. The fourth-order valence-corrected chi connectivity index (χ4v) is 5.08. The molecule has 8 heteroatoms. The number of fused-ring (bicyclic) bond motifs is 1. The van der Waals surface area contributed by atoms with Gasteiger partial charge in [-0.15, -0.1) is 0 Å². The summed E-state index contributed by atoms with van der Waals surface area (Å²) in [5.74, 6) is -0.622. The third-order valence-electron chi connectivity index (χ3n) is 5.09. The van der Waals surface area contributed by atoms with Crippen LogP contribution in [0.25, 0.3) is 6.08 Å². The van der Waals surface area contributed by atoms with Crippen molar-refractivity contribution in [3.05, 3.63) is 112 Å². The van der Waals surface area contributed by atoms with Gasteiger partial charge in [0.15, 0.2) is 0 Å². The molecule has 0 N–H and O–H groups in total. The summed E-state index contributed by atoms with van der Waals surface area (Å²) in [6, 6.07) is 20.1. The monoisotopic (exact) mass is 434 g/mol. The molecule has 1 atom stereocenters. The van der Waals surface area contributed by atoms with Crippen molar-refractivity contribution >= 4 is 27.7 Å². The minimum atomic E-state index is -4.24. The Labute approximate surface area is 179 Å². The number of nitrogens with zero attached hydrogens (tertiary/aromatic N) is 2. The lowest BCUT2D eigenvalue weighted by Gasteiger charge is -2.34. The van der Waals surface area contributed by atoms with Crippen LogP contribution < -0.4 is 0 Å². The van der Waals surface area contributed by atoms with Crippen molar-refractivity contribution in [1.29, 1.82) is 0 Å². The van der Waals surface area contributed by atoms with Gasteiger partial charge in [-0.05, 0) is 35.7 Å². The molecule has 1 amide bonds. The molecule has 0 saturated heterocycles. The van der Waals surface area contributed by atoms with Gasteiger partial charge in [-0.25, -0.2) is 12.7 Å². The number of sulfonamides is 1. The summed E-state index contributed by atoms with van der Waals surface area (Å²) in [6.07, 6.45) is 3.81. The van der Waals surface area contributed by atoms with E-state index in [-0.39, 0.29) is 10.6 Å². The number of rotatable bonds is 5. The van der Waals surface area contributed by atoms with E-state index in [1.165, 1.54) is 0 Å². The first-order valence-corrected chi connectivity index (χ1v) is 11.0. The van der Waals surface area contributed by atoms with E-state index in [9.17, 15) is 23.3 Å². The van der Waals surface area contributed by atoms with E-state index in [2.05, 4.69) is 0 Å². The highest BCUT2D eigenvalue weighted by Gasteiger charge is 2.39. The minimum absolute atomic E-state index is 0.177. The Kier molecular flexibility index (Phi) is 5.39. The number of carbonyl (C=O) groups excluding carboxylic acids is 1. The highest BCUT2D eigenvalue weighted by atomic mass is 32.2. The van der Waals surface area contributed by atoms with Gasteiger partial charge in [0.1, 0.15) is 0 Å². The maximum atomic E-state index is 13.4. The predicted molar refractivity (Wildman–Crippen MR) is 116 cm³/mol. The van der Waals surface area contributed by atoms with Crippen LogP contribution in [0, 0.1) is 10.1 Å². The molecule has 0 saturated carbocycles. The van der Waals surface area contributed by atoms with Crippen LogP contribution in [0.1, 0.15) is 21.5 Å². The maximum absolute atomic E-state index is 13.4. The van der Waals surface area contributed by atoms with Crippen LogP contribution in [0.4, 0.5) is 5.69 Å². The molecule has 7 nitrogen and oxygen atoms in total. The van der Waals surface area contributed by atoms with Crippen molar-refractivity contribution in [1.82, 2.24) is 4.31 Å². The molecule has 1 unspecified atom stereocenters. The predicted octanol–water partition coefficient (Wildman–Crippen LogP) is 4.06. The van der Waals surface area contributed by atoms with Gasteiger partial charge in [0.25, 0.3) is 21.6 Å². The molecule has 156 valence electrons. The van der Waals surface area contributed by atoms with Crippen LogP contribution in [0.5, 0.6) is 0 Å². The fourth-order valence-electron chi connectivity index (χ4n) is 3.56. The first-order valence-electron chi connectivity index (χ1n) is 9.52. The van der Waals surface area contributed by atoms with E-state index in [1.807, 2.05) is 42.5 Å². The summed E-state index contributed by atoms with van der Waals surface area (Å²) in [6.45, 7) is 0. The first kappa shape index (κ1) is 20.5. The van der Waals surface area contributed by atoms with Crippen LogP contribution >= 0.6 is 0 Å². The fraction of sp³-hybridized carbons (Fsp3) is 0.0870. The zero-order valence-corrected chi connectivity index (χ0v) is 17.1. The van der Waals surface area contributed by atoms with Crippen LogP contribution in [0.15, 0.2) is 89.8 Å². The highest BCUT2D eigenvalue weighted by Crippen LogP contribution is 2.30. The van der Waals surface area contributed by atoms with E-state index in [0.717, 1.165) is 39.7 Å². The van der Waals surface area contributed by atoms with Gasteiger partial charge >= 0.3 is 0 Å². The number of non-ortho nitro benzene ring substituents is 1. The number of hydrogen-bond donors (Lipinski definition) is 0.